The van der Waals surface area contributed by atoms with Crippen LogP contribution in [0.3, 0.4) is 0 Å². The first-order chi connectivity index (χ1) is 11.4. The van der Waals surface area contributed by atoms with Gasteiger partial charge in [-0.1, -0.05) is 0 Å². The number of benzene rings is 1. The standard InChI is InChI=1S/C17H17FN4O2/c1-9(5-12-6-10(2)21-22-12)19-17(24)14-8-16(23)20-15-4-3-11(18)7-13(14)15/h3-4,6-9H,5H2,1-2H3,(H,19,24)(H,20,23)(H,21,22). The number of aryl methyl sites for hydroxylation is 1. The van der Waals surface area contributed by atoms with Crippen LogP contribution in [0.5, 0.6) is 0 Å². The number of nitrogens with one attached hydrogen (secondary N) is 3. The Hall–Kier alpha value is -2.96. The molecule has 24 heavy (non-hydrogen) atoms. The summed E-state index contributed by atoms with van der Waals surface area (Å²) in [5.74, 6) is -0.889. The Balaban J connectivity index is 1.85. The molecule has 6 nitrogen and oxygen atoms in total. The number of carbonyl (C=O) groups excluding carboxylic acids is 1. The van der Waals surface area contributed by atoms with Crippen molar-refractivity contribution in [3.05, 3.63) is 63.5 Å². The smallest absolute Gasteiger partial charge is 0.252 e. The van der Waals surface area contributed by atoms with Gasteiger partial charge in [-0.3, -0.25) is 14.7 Å². The molecule has 3 aromatic rings. The number of pyridine rings is 1. The topological polar surface area (TPSA) is 90.6 Å². The number of carbonyl (C=O) groups is 1. The molecule has 0 radical (unpaired) electrons. The molecule has 124 valence electrons. The monoisotopic (exact) mass is 328 g/mol. The van der Waals surface area contributed by atoms with Crippen LogP contribution in [0.25, 0.3) is 10.9 Å². The van der Waals surface area contributed by atoms with Crippen LogP contribution >= 0.6 is 0 Å². The Bertz CT molecular complexity index is 961. The van der Waals surface area contributed by atoms with Crippen molar-refractivity contribution in [2.24, 2.45) is 0 Å². The lowest BCUT2D eigenvalue weighted by Gasteiger charge is -2.13. The van der Waals surface area contributed by atoms with Gasteiger partial charge in [0.2, 0.25) is 5.56 Å². The number of H-pyrrole nitrogens is 2. The van der Waals surface area contributed by atoms with Gasteiger partial charge in [0.15, 0.2) is 0 Å². The van der Waals surface area contributed by atoms with Crippen LogP contribution in [0.1, 0.15) is 28.7 Å². The fraction of sp³-hybridized carbons (Fsp3) is 0.235. The maximum absolute atomic E-state index is 13.5. The number of amides is 1. The Kier molecular flexibility index (Phi) is 4.16. The van der Waals surface area contributed by atoms with E-state index in [1.54, 1.807) is 0 Å². The largest absolute Gasteiger partial charge is 0.349 e. The molecule has 2 heterocycles. The predicted octanol–water partition coefficient (Wildman–Crippen LogP) is 2.06. The second-order valence-electron chi connectivity index (χ2n) is 5.86. The summed E-state index contributed by atoms with van der Waals surface area (Å²) in [7, 11) is 0. The number of hydrogen-bond donors (Lipinski definition) is 3. The zero-order valence-electron chi connectivity index (χ0n) is 13.3. The van der Waals surface area contributed by atoms with E-state index in [1.165, 1.54) is 24.3 Å². The fourth-order valence-electron chi connectivity index (χ4n) is 2.66. The summed E-state index contributed by atoms with van der Waals surface area (Å²) in [6.07, 6.45) is 0.547. The SMILES string of the molecule is Cc1cc(CC(C)NC(=O)c2cc(=O)[nH]c3ccc(F)cc23)n[nH]1. The maximum atomic E-state index is 13.5. The van der Waals surface area contributed by atoms with Gasteiger partial charge < -0.3 is 10.3 Å². The van der Waals surface area contributed by atoms with Crippen molar-refractivity contribution in [3.63, 3.8) is 0 Å². The number of rotatable bonds is 4. The van der Waals surface area contributed by atoms with E-state index in [0.29, 0.717) is 17.3 Å². The highest BCUT2D eigenvalue weighted by molar-refractivity contribution is 6.06. The molecule has 2 aromatic heterocycles. The molecule has 3 rings (SSSR count). The Labute approximate surface area is 137 Å². The predicted molar refractivity (Wildman–Crippen MR) is 88.5 cm³/mol. The molecule has 0 bridgehead atoms. The highest BCUT2D eigenvalue weighted by Crippen LogP contribution is 2.17. The Morgan fingerprint density at radius 1 is 1.33 bits per heavy atom. The zero-order valence-corrected chi connectivity index (χ0v) is 13.3. The number of nitrogens with zero attached hydrogens (tertiary/aromatic N) is 1. The Morgan fingerprint density at radius 2 is 2.12 bits per heavy atom. The van der Waals surface area contributed by atoms with Gasteiger partial charge in [-0.05, 0) is 38.1 Å². The number of aromatic nitrogens is 3. The lowest BCUT2D eigenvalue weighted by Crippen LogP contribution is -2.34. The van der Waals surface area contributed by atoms with Gasteiger partial charge >= 0.3 is 0 Å². The number of hydrogen-bond acceptors (Lipinski definition) is 3. The van der Waals surface area contributed by atoms with Crippen LogP contribution in [-0.4, -0.2) is 27.1 Å². The summed E-state index contributed by atoms with van der Waals surface area (Å²) in [6, 6.07) is 6.81. The lowest BCUT2D eigenvalue weighted by atomic mass is 10.1. The van der Waals surface area contributed by atoms with Crippen molar-refractivity contribution in [3.8, 4) is 0 Å². The van der Waals surface area contributed by atoms with E-state index in [-0.39, 0.29) is 11.6 Å². The second kappa shape index (κ2) is 6.27. The van der Waals surface area contributed by atoms with Crippen molar-refractivity contribution >= 4 is 16.8 Å². The van der Waals surface area contributed by atoms with Crippen molar-refractivity contribution in [2.45, 2.75) is 26.3 Å². The molecule has 0 saturated heterocycles. The number of aromatic amines is 2. The van der Waals surface area contributed by atoms with Crippen LogP contribution < -0.4 is 10.9 Å². The van der Waals surface area contributed by atoms with E-state index >= 15 is 0 Å². The molecular weight excluding hydrogens is 311 g/mol. The van der Waals surface area contributed by atoms with E-state index < -0.39 is 17.3 Å². The van der Waals surface area contributed by atoms with E-state index in [2.05, 4.69) is 20.5 Å². The van der Waals surface area contributed by atoms with Crippen molar-refractivity contribution in [1.82, 2.24) is 20.5 Å². The average molecular weight is 328 g/mol. The Morgan fingerprint density at radius 3 is 2.83 bits per heavy atom. The average Bonchev–Trinajstić information content (AvgIpc) is 2.91. The van der Waals surface area contributed by atoms with E-state index in [0.717, 1.165) is 11.4 Å². The quantitative estimate of drug-likeness (QED) is 0.685. The molecule has 1 unspecified atom stereocenters. The van der Waals surface area contributed by atoms with E-state index in [4.69, 9.17) is 0 Å². The van der Waals surface area contributed by atoms with Crippen molar-refractivity contribution in [1.29, 1.82) is 0 Å². The van der Waals surface area contributed by atoms with Gasteiger partial charge in [0.1, 0.15) is 5.82 Å². The molecular formula is C17H17FN4O2. The van der Waals surface area contributed by atoms with Crippen LogP contribution in [-0.2, 0) is 6.42 Å². The van der Waals surface area contributed by atoms with Gasteiger partial charge in [-0.25, -0.2) is 4.39 Å². The molecule has 1 atom stereocenters. The van der Waals surface area contributed by atoms with E-state index in [9.17, 15) is 14.0 Å². The first-order valence-electron chi connectivity index (χ1n) is 7.57. The summed E-state index contributed by atoms with van der Waals surface area (Å²) < 4.78 is 13.5. The summed E-state index contributed by atoms with van der Waals surface area (Å²) in [6.45, 7) is 3.74. The molecule has 0 saturated carbocycles. The first-order valence-corrected chi connectivity index (χ1v) is 7.57. The summed E-state index contributed by atoms with van der Waals surface area (Å²) in [5.41, 5.74) is 1.94. The highest BCUT2D eigenvalue weighted by atomic mass is 19.1. The molecule has 0 aliphatic carbocycles. The number of fused-ring (bicyclic) bond motifs is 1. The van der Waals surface area contributed by atoms with Gasteiger partial charge in [0.25, 0.3) is 5.91 Å². The number of halogens is 1. The summed E-state index contributed by atoms with van der Waals surface area (Å²) in [5, 5.41) is 10.2. The van der Waals surface area contributed by atoms with Crippen LogP contribution in [0, 0.1) is 12.7 Å². The minimum absolute atomic E-state index is 0.151. The molecule has 0 aliphatic rings. The highest BCUT2D eigenvalue weighted by Gasteiger charge is 2.15. The fourth-order valence-corrected chi connectivity index (χ4v) is 2.66. The molecule has 7 heteroatoms. The molecule has 0 aliphatic heterocycles. The third-order valence-corrected chi connectivity index (χ3v) is 3.70. The summed E-state index contributed by atoms with van der Waals surface area (Å²) >= 11 is 0. The third kappa shape index (κ3) is 3.34. The third-order valence-electron chi connectivity index (χ3n) is 3.70. The molecule has 1 amide bonds. The zero-order chi connectivity index (χ0) is 17.3. The molecule has 0 spiro atoms. The van der Waals surface area contributed by atoms with E-state index in [1.807, 2.05) is 19.9 Å². The molecule has 3 N–H and O–H groups in total. The van der Waals surface area contributed by atoms with Gasteiger partial charge in [-0.2, -0.15) is 5.10 Å². The maximum Gasteiger partial charge on any atom is 0.252 e. The lowest BCUT2D eigenvalue weighted by molar-refractivity contribution is 0.0941. The van der Waals surface area contributed by atoms with Gasteiger partial charge in [0, 0.05) is 35.1 Å². The van der Waals surface area contributed by atoms with Crippen molar-refractivity contribution < 1.29 is 9.18 Å². The molecule has 0 fully saturated rings. The second-order valence-corrected chi connectivity index (χ2v) is 5.86. The minimum atomic E-state index is -0.469. The van der Waals surface area contributed by atoms with Crippen LogP contribution in [0.15, 0.2) is 35.1 Å². The van der Waals surface area contributed by atoms with Crippen LogP contribution in [0.4, 0.5) is 4.39 Å². The summed E-state index contributed by atoms with van der Waals surface area (Å²) in [4.78, 5) is 26.8. The van der Waals surface area contributed by atoms with Gasteiger partial charge in [-0.15, -0.1) is 0 Å². The first kappa shape index (κ1) is 15.9. The normalized spacial score (nSPS) is 12.3. The van der Waals surface area contributed by atoms with Crippen LogP contribution in [0.2, 0.25) is 0 Å². The van der Waals surface area contributed by atoms with Crippen molar-refractivity contribution in [2.75, 3.05) is 0 Å². The molecule has 1 aromatic carbocycles. The van der Waals surface area contributed by atoms with Gasteiger partial charge in [0.05, 0.1) is 11.3 Å². The minimum Gasteiger partial charge on any atom is -0.349 e.